The van der Waals surface area contributed by atoms with Gasteiger partial charge in [-0.3, -0.25) is 0 Å². The van der Waals surface area contributed by atoms with Crippen molar-refractivity contribution in [1.82, 2.24) is 0 Å². The smallest absolute Gasteiger partial charge is 0.0639 e. The van der Waals surface area contributed by atoms with E-state index >= 15 is 0 Å². The van der Waals surface area contributed by atoms with E-state index in [-0.39, 0.29) is 6.04 Å². The van der Waals surface area contributed by atoms with Gasteiger partial charge in [0.25, 0.3) is 0 Å². The van der Waals surface area contributed by atoms with Crippen LogP contribution in [0, 0.1) is 0 Å². The molecular formula is C12H16Cl3N. The molecule has 0 fully saturated rings. The molecule has 0 amide bonds. The Hall–Kier alpha value is 0.0500. The molecule has 1 atom stereocenters. The Labute approximate surface area is 112 Å². The van der Waals surface area contributed by atoms with Crippen molar-refractivity contribution in [2.75, 3.05) is 0 Å². The Morgan fingerprint density at radius 1 is 1.19 bits per heavy atom. The molecule has 0 saturated heterocycles. The molecular weight excluding hydrogens is 264 g/mol. The van der Waals surface area contributed by atoms with E-state index in [2.05, 4.69) is 6.92 Å². The van der Waals surface area contributed by atoms with Gasteiger partial charge in [-0.15, -0.1) is 0 Å². The summed E-state index contributed by atoms with van der Waals surface area (Å²) in [7, 11) is 0. The van der Waals surface area contributed by atoms with E-state index in [1.54, 1.807) is 12.1 Å². The van der Waals surface area contributed by atoms with E-state index in [1.807, 2.05) is 0 Å². The predicted octanol–water partition coefficient (Wildman–Crippen LogP) is 4.71. The maximum atomic E-state index is 6.10. The molecule has 0 radical (unpaired) electrons. The van der Waals surface area contributed by atoms with Gasteiger partial charge in [-0.1, -0.05) is 41.7 Å². The number of hydrogen-bond donors (Lipinski definition) is 1. The molecule has 0 aromatic heterocycles. The van der Waals surface area contributed by atoms with Crippen molar-refractivity contribution in [2.45, 2.75) is 38.6 Å². The highest BCUT2D eigenvalue weighted by molar-refractivity contribution is 6.44. The molecule has 0 saturated carbocycles. The van der Waals surface area contributed by atoms with Crippen LogP contribution in [0.5, 0.6) is 0 Å². The maximum absolute atomic E-state index is 6.10. The molecule has 0 aliphatic rings. The molecule has 0 heterocycles. The van der Waals surface area contributed by atoms with Crippen LogP contribution in [-0.2, 0) is 6.42 Å². The van der Waals surface area contributed by atoms with E-state index in [9.17, 15) is 0 Å². The lowest BCUT2D eigenvalue weighted by Gasteiger charge is -2.11. The third kappa shape index (κ3) is 3.81. The first kappa shape index (κ1) is 14.1. The molecule has 4 heteroatoms. The molecule has 1 rings (SSSR count). The summed E-state index contributed by atoms with van der Waals surface area (Å²) in [6.45, 7) is 2.09. The quantitative estimate of drug-likeness (QED) is 0.777. The van der Waals surface area contributed by atoms with Crippen molar-refractivity contribution in [3.63, 3.8) is 0 Å². The highest BCUT2D eigenvalue weighted by Crippen LogP contribution is 2.32. The van der Waals surface area contributed by atoms with Crippen molar-refractivity contribution in [1.29, 1.82) is 0 Å². The summed E-state index contributed by atoms with van der Waals surface area (Å²) in [6, 6.07) is 3.76. The van der Waals surface area contributed by atoms with E-state index in [4.69, 9.17) is 40.5 Å². The van der Waals surface area contributed by atoms with E-state index in [0.29, 0.717) is 15.1 Å². The predicted molar refractivity (Wildman–Crippen MR) is 72.7 cm³/mol. The first-order chi connectivity index (χ1) is 7.56. The second kappa shape index (κ2) is 6.70. The highest BCUT2D eigenvalue weighted by atomic mass is 35.5. The molecule has 90 valence electrons. The molecule has 0 aliphatic carbocycles. The molecule has 1 aromatic carbocycles. The SMILES string of the molecule is CCC(N)CCCc1c(Cl)ccc(Cl)c1Cl. The van der Waals surface area contributed by atoms with Gasteiger partial charge in [0.2, 0.25) is 0 Å². The fourth-order valence-corrected chi connectivity index (χ4v) is 2.28. The summed E-state index contributed by atoms with van der Waals surface area (Å²) in [5.41, 5.74) is 6.78. The maximum Gasteiger partial charge on any atom is 0.0639 e. The zero-order chi connectivity index (χ0) is 12.1. The minimum Gasteiger partial charge on any atom is -0.328 e. The Morgan fingerprint density at radius 3 is 2.44 bits per heavy atom. The second-order valence-corrected chi connectivity index (χ2v) is 5.07. The van der Waals surface area contributed by atoms with Crippen LogP contribution < -0.4 is 5.73 Å². The third-order valence-corrected chi connectivity index (χ3v) is 3.86. The largest absolute Gasteiger partial charge is 0.328 e. The van der Waals surface area contributed by atoms with Crippen LogP contribution in [0.25, 0.3) is 0 Å². The first-order valence-electron chi connectivity index (χ1n) is 5.44. The Balaban J connectivity index is 2.63. The van der Waals surface area contributed by atoms with Gasteiger partial charge in [0.15, 0.2) is 0 Å². The summed E-state index contributed by atoms with van der Waals surface area (Å²) < 4.78 is 0. The van der Waals surface area contributed by atoms with Gasteiger partial charge >= 0.3 is 0 Å². The number of rotatable bonds is 5. The molecule has 16 heavy (non-hydrogen) atoms. The molecule has 2 N–H and O–H groups in total. The van der Waals surface area contributed by atoms with Crippen molar-refractivity contribution in [2.24, 2.45) is 5.73 Å². The summed E-state index contributed by atoms with van der Waals surface area (Å²) in [4.78, 5) is 0. The van der Waals surface area contributed by atoms with Crippen molar-refractivity contribution in [3.8, 4) is 0 Å². The van der Waals surface area contributed by atoms with Crippen LogP contribution in [0.3, 0.4) is 0 Å². The van der Waals surface area contributed by atoms with Crippen molar-refractivity contribution >= 4 is 34.8 Å². The monoisotopic (exact) mass is 279 g/mol. The Bertz CT molecular complexity index is 352. The summed E-state index contributed by atoms with van der Waals surface area (Å²) in [5, 5.41) is 1.81. The fourth-order valence-electron chi connectivity index (χ4n) is 1.54. The van der Waals surface area contributed by atoms with Gasteiger partial charge in [0.05, 0.1) is 10.0 Å². The normalized spacial score (nSPS) is 12.8. The zero-order valence-electron chi connectivity index (χ0n) is 9.27. The standard InChI is InChI=1S/C12H16Cl3N/c1-2-8(16)4-3-5-9-10(13)6-7-11(14)12(9)15/h6-8H,2-5,16H2,1H3. The van der Waals surface area contributed by atoms with Gasteiger partial charge < -0.3 is 5.73 Å². The van der Waals surface area contributed by atoms with Gasteiger partial charge in [0, 0.05) is 11.1 Å². The average molecular weight is 281 g/mol. The summed E-state index contributed by atoms with van der Waals surface area (Å²) in [6.07, 6.45) is 3.79. The minimum atomic E-state index is 0.261. The van der Waals surface area contributed by atoms with E-state index in [1.165, 1.54) is 0 Å². The van der Waals surface area contributed by atoms with E-state index < -0.39 is 0 Å². The molecule has 1 nitrogen and oxygen atoms in total. The Morgan fingerprint density at radius 2 is 1.81 bits per heavy atom. The average Bonchev–Trinajstić information content (AvgIpc) is 2.28. The molecule has 1 aromatic rings. The van der Waals surface area contributed by atoms with Gasteiger partial charge in [-0.2, -0.15) is 0 Å². The van der Waals surface area contributed by atoms with Gasteiger partial charge in [0.1, 0.15) is 0 Å². The van der Waals surface area contributed by atoms with Crippen molar-refractivity contribution < 1.29 is 0 Å². The molecule has 0 spiro atoms. The topological polar surface area (TPSA) is 26.0 Å². The van der Waals surface area contributed by atoms with Crippen molar-refractivity contribution in [3.05, 3.63) is 32.8 Å². The molecule has 0 aliphatic heterocycles. The van der Waals surface area contributed by atoms with Crippen LogP contribution >= 0.6 is 34.8 Å². The lowest BCUT2D eigenvalue weighted by Crippen LogP contribution is -2.18. The summed E-state index contributed by atoms with van der Waals surface area (Å²) in [5.74, 6) is 0. The number of hydrogen-bond acceptors (Lipinski definition) is 1. The van der Waals surface area contributed by atoms with E-state index in [0.717, 1.165) is 31.2 Å². The highest BCUT2D eigenvalue weighted by Gasteiger charge is 2.09. The number of nitrogens with two attached hydrogens (primary N) is 1. The lowest BCUT2D eigenvalue weighted by molar-refractivity contribution is 0.568. The fraction of sp³-hybridized carbons (Fsp3) is 0.500. The van der Waals surface area contributed by atoms with Crippen LogP contribution in [0.2, 0.25) is 15.1 Å². The van der Waals surface area contributed by atoms with Crippen LogP contribution in [-0.4, -0.2) is 6.04 Å². The molecule has 1 unspecified atom stereocenters. The molecule has 0 bridgehead atoms. The van der Waals surface area contributed by atoms with Gasteiger partial charge in [-0.25, -0.2) is 0 Å². The number of halogens is 3. The van der Waals surface area contributed by atoms with Crippen LogP contribution in [0.4, 0.5) is 0 Å². The Kier molecular flexibility index (Phi) is 5.91. The summed E-state index contributed by atoms with van der Waals surface area (Å²) >= 11 is 18.1. The first-order valence-corrected chi connectivity index (χ1v) is 6.57. The van der Waals surface area contributed by atoms with Crippen LogP contribution in [0.15, 0.2) is 12.1 Å². The lowest BCUT2D eigenvalue weighted by atomic mass is 10.0. The third-order valence-electron chi connectivity index (χ3n) is 2.66. The minimum absolute atomic E-state index is 0.261. The second-order valence-electron chi connectivity index (χ2n) is 3.88. The van der Waals surface area contributed by atoms with Crippen LogP contribution in [0.1, 0.15) is 31.7 Å². The van der Waals surface area contributed by atoms with Gasteiger partial charge in [-0.05, 0) is 43.4 Å². The number of benzene rings is 1. The zero-order valence-corrected chi connectivity index (χ0v) is 11.5.